The molecular formula is C27H24BrFN4O3. The van der Waals surface area contributed by atoms with E-state index >= 15 is 0 Å². The average molecular weight is 551 g/mol. The zero-order chi connectivity index (χ0) is 25.5. The normalized spacial score (nSPS) is 10.6. The number of ether oxygens (including phenoxy) is 2. The van der Waals surface area contributed by atoms with Crippen LogP contribution in [0.3, 0.4) is 0 Å². The number of hydrogen-bond donors (Lipinski definition) is 3. The quantitative estimate of drug-likeness (QED) is 0.239. The van der Waals surface area contributed by atoms with Gasteiger partial charge < -0.3 is 25.8 Å². The van der Waals surface area contributed by atoms with Gasteiger partial charge in [-0.25, -0.2) is 9.37 Å². The molecule has 0 bridgehead atoms. The number of carbonyl (C=O) groups excluding carboxylic acids is 1. The number of methoxy groups -OCH3 is 1. The number of rotatable bonds is 9. The predicted molar refractivity (Wildman–Crippen MR) is 141 cm³/mol. The molecule has 0 radical (unpaired) electrons. The zero-order valence-corrected chi connectivity index (χ0v) is 21.0. The Balaban J connectivity index is 1.43. The fourth-order valence-corrected chi connectivity index (χ4v) is 3.85. The van der Waals surface area contributed by atoms with Crippen LogP contribution in [0, 0.1) is 5.82 Å². The van der Waals surface area contributed by atoms with Crippen molar-refractivity contribution >= 4 is 33.3 Å². The minimum atomic E-state index is -0.630. The van der Waals surface area contributed by atoms with E-state index in [9.17, 15) is 9.18 Å². The van der Waals surface area contributed by atoms with Crippen LogP contribution < -0.4 is 25.8 Å². The maximum atomic E-state index is 14.9. The fourth-order valence-electron chi connectivity index (χ4n) is 3.45. The SMILES string of the molecule is COc1ccc(CNCc2c(Oc3ccc(NC(=O)c4cccc(Br)c4)cc3F)ccnc2N)cc1. The van der Waals surface area contributed by atoms with Crippen LogP contribution in [-0.2, 0) is 13.1 Å². The average Bonchev–Trinajstić information content (AvgIpc) is 2.87. The van der Waals surface area contributed by atoms with Gasteiger partial charge in [-0.05, 0) is 54.1 Å². The first kappa shape index (κ1) is 25.2. The van der Waals surface area contributed by atoms with Gasteiger partial charge in [0.15, 0.2) is 11.6 Å². The molecule has 0 saturated carbocycles. The summed E-state index contributed by atoms with van der Waals surface area (Å²) in [5.74, 6) is 0.470. The van der Waals surface area contributed by atoms with Gasteiger partial charge in [0.1, 0.15) is 17.3 Å². The van der Waals surface area contributed by atoms with Gasteiger partial charge in [-0.1, -0.05) is 34.1 Å². The van der Waals surface area contributed by atoms with Gasteiger partial charge in [0.25, 0.3) is 5.91 Å². The Kier molecular flexibility index (Phi) is 8.14. The molecule has 0 fully saturated rings. The first-order valence-corrected chi connectivity index (χ1v) is 11.8. The van der Waals surface area contributed by atoms with Crippen LogP contribution in [0.25, 0.3) is 0 Å². The molecule has 0 unspecified atom stereocenters. The molecule has 0 spiro atoms. The van der Waals surface area contributed by atoms with E-state index in [0.717, 1.165) is 15.8 Å². The number of hydrogen-bond acceptors (Lipinski definition) is 6. The fraction of sp³-hybridized carbons (Fsp3) is 0.111. The van der Waals surface area contributed by atoms with Gasteiger partial charge in [0.05, 0.1) is 12.7 Å². The molecular weight excluding hydrogens is 527 g/mol. The first-order valence-electron chi connectivity index (χ1n) is 11.0. The number of anilines is 2. The van der Waals surface area contributed by atoms with Crippen LogP contribution in [0.15, 0.2) is 83.5 Å². The minimum absolute atomic E-state index is 0.00235. The summed E-state index contributed by atoms with van der Waals surface area (Å²) in [4.78, 5) is 16.6. The van der Waals surface area contributed by atoms with E-state index in [-0.39, 0.29) is 17.5 Å². The smallest absolute Gasteiger partial charge is 0.255 e. The van der Waals surface area contributed by atoms with Crippen molar-refractivity contribution in [1.29, 1.82) is 0 Å². The second-order valence-electron chi connectivity index (χ2n) is 7.84. The molecule has 1 aromatic heterocycles. The van der Waals surface area contributed by atoms with Crippen LogP contribution in [0.1, 0.15) is 21.5 Å². The van der Waals surface area contributed by atoms with Crippen molar-refractivity contribution in [2.45, 2.75) is 13.1 Å². The summed E-state index contributed by atoms with van der Waals surface area (Å²) < 4.78 is 26.7. The molecule has 4 N–H and O–H groups in total. The Morgan fingerprint density at radius 3 is 2.56 bits per heavy atom. The van der Waals surface area contributed by atoms with Gasteiger partial charge >= 0.3 is 0 Å². The summed E-state index contributed by atoms with van der Waals surface area (Å²) in [6.45, 7) is 0.946. The highest BCUT2D eigenvalue weighted by molar-refractivity contribution is 9.10. The number of benzene rings is 3. The van der Waals surface area contributed by atoms with E-state index in [0.29, 0.717) is 35.7 Å². The lowest BCUT2D eigenvalue weighted by molar-refractivity contribution is 0.102. The first-order chi connectivity index (χ1) is 17.4. The predicted octanol–water partition coefficient (Wildman–Crippen LogP) is 5.91. The molecule has 184 valence electrons. The summed E-state index contributed by atoms with van der Waals surface area (Å²) in [6, 6.07) is 20.5. The van der Waals surface area contributed by atoms with Crippen molar-refractivity contribution in [2.24, 2.45) is 0 Å². The van der Waals surface area contributed by atoms with Crippen molar-refractivity contribution in [3.8, 4) is 17.2 Å². The number of nitrogens with one attached hydrogen (secondary N) is 2. The molecule has 36 heavy (non-hydrogen) atoms. The molecule has 9 heteroatoms. The number of nitrogens with zero attached hydrogens (tertiary/aromatic N) is 1. The van der Waals surface area contributed by atoms with E-state index in [2.05, 4.69) is 31.5 Å². The number of nitrogen functional groups attached to an aromatic ring is 1. The lowest BCUT2D eigenvalue weighted by Crippen LogP contribution is -2.15. The van der Waals surface area contributed by atoms with Crippen LogP contribution >= 0.6 is 15.9 Å². The van der Waals surface area contributed by atoms with E-state index in [1.165, 1.54) is 18.3 Å². The summed E-state index contributed by atoms with van der Waals surface area (Å²) in [7, 11) is 1.62. The highest BCUT2D eigenvalue weighted by Crippen LogP contribution is 2.31. The maximum absolute atomic E-state index is 14.9. The Hall–Kier alpha value is -3.95. The molecule has 0 aliphatic heterocycles. The molecule has 0 saturated heterocycles. The molecule has 4 rings (SSSR count). The van der Waals surface area contributed by atoms with Crippen LogP contribution in [0.4, 0.5) is 15.9 Å². The Labute approximate surface area is 216 Å². The highest BCUT2D eigenvalue weighted by atomic mass is 79.9. The van der Waals surface area contributed by atoms with Crippen molar-refractivity contribution in [2.75, 3.05) is 18.2 Å². The Morgan fingerprint density at radius 2 is 1.83 bits per heavy atom. The molecule has 1 heterocycles. The second-order valence-corrected chi connectivity index (χ2v) is 8.75. The zero-order valence-electron chi connectivity index (χ0n) is 19.4. The van der Waals surface area contributed by atoms with E-state index in [1.54, 1.807) is 37.4 Å². The lowest BCUT2D eigenvalue weighted by atomic mass is 10.2. The van der Waals surface area contributed by atoms with Gasteiger partial charge in [0, 0.05) is 41.1 Å². The number of carbonyl (C=O) groups is 1. The molecule has 4 aromatic rings. The highest BCUT2D eigenvalue weighted by Gasteiger charge is 2.14. The topological polar surface area (TPSA) is 98.5 Å². The van der Waals surface area contributed by atoms with E-state index in [1.807, 2.05) is 30.3 Å². The molecule has 7 nitrogen and oxygen atoms in total. The lowest BCUT2D eigenvalue weighted by Gasteiger charge is -2.15. The monoisotopic (exact) mass is 550 g/mol. The summed E-state index contributed by atoms with van der Waals surface area (Å²) in [6.07, 6.45) is 1.50. The number of aromatic nitrogens is 1. The van der Waals surface area contributed by atoms with Crippen LogP contribution in [0.5, 0.6) is 17.2 Å². The van der Waals surface area contributed by atoms with Crippen molar-refractivity contribution < 1.29 is 18.7 Å². The van der Waals surface area contributed by atoms with Gasteiger partial charge in [-0.3, -0.25) is 4.79 Å². The molecule has 0 atom stereocenters. The van der Waals surface area contributed by atoms with E-state index in [4.69, 9.17) is 15.2 Å². The van der Waals surface area contributed by atoms with Gasteiger partial charge in [0.2, 0.25) is 0 Å². The second kappa shape index (κ2) is 11.7. The van der Waals surface area contributed by atoms with E-state index < -0.39 is 5.82 Å². The number of halogens is 2. The molecule has 0 aliphatic rings. The van der Waals surface area contributed by atoms with Crippen molar-refractivity contribution in [3.63, 3.8) is 0 Å². The molecule has 3 aromatic carbocycles. The third-order valence-corrected chi connectivity index (χ3v) is 5.83. The van der Waals surface area contributed by atoms with Crippen molar-refractivity contribution in [1.82, 2.24) is 10.3 Å². The minimum Gasteiger partial charge on any atom is -0.497 e. The standard InChI is InChI=1S/C27H24BrFN4O3/c1-35-21-8-5-17(6-9-21)15-31-16-22-24(11-12-32-26(22)30)36-25-10-7-20(14-23(25)29)33-27(34)18-3-2-4-19(28)13-18/h2-14,31H,15-16H2,1H3,(H2,30,32)(H,33,34). The van der Waals surface area contributed by atoms with Crippen LogP contribution in [0.2, 0.25) is 0 Å². The molecule has 0 aliphatic carbocycles. The largest absolute Gasteiger partial charge is 0.497 e. The third-order valence-electron chi connectivity index (χ3n) is 5.33. The van der Waals surface area contributed by atoms with Gasteiger partial charge in [-0.15, -0.1) is 0 Å². The summed E-state index contributed by atoms with van der Waals surface area (Å²) in [5, 5.41) is 5.99. The number of pyridine rings is 1. The summed E-state index contributed by atoms with van der Waals surface area (Å²) >= 11 is 3.33. The van der Waals surface area contributed by atoms with Gasteiger partial charge in [-0.2, -0.15) is 0 Å². The number of amides is 1. The Morgan fingerprint density at radius 1 is 1.03 bits per heavy atom. The maximum Gasteiger partial charge on any atom is 0.255 e. The Bertz CT molecular complexity index is 1370. The summed E-state index contributed by atoms with van der Waals surface area (Å²) in [5.41, 5.74) is 8.51. The molecule has 1 amide bonds. The van der Waals surface area contributed by atoms with Crippen molar-refractivity contribution in [3.05, 3.63) is 106 Å². The third kappa shape index (κ3) is 6.38. The number of nitrogens with two attached hydrogens (primary N) is 1. The van der Waals surface area contributed by atoms with Crippen LogP contribution in [-0.4, -0.2) is 18.0 Å².